The summed E-state index contributed by atoms with van der Waals surface area (Å²) in [6.45, 7) is 1.16. The zero-order chi connectivity index (χ0) is 20.4. The number of amides is 3. The predicted molar refractivity (Wildman–Crippen MR) is 109 cm³/mol. The van der Waals surface area contributed by atoms with E-state index in [-0.39, 0.29) is 18.0 Å². The Bertz CT molecular complexity index is 773. The third kappa shape index (κ3) is 3.68. The van der Waals surface area contributed by atoms with Gasteiger partial charge in [-0.05, 0) is 43.9 Å². The predicted octanol–water partition coefficient (Wildman–Crippen LogP) is 3.44. The molecule has 3 amide bonds. The van der Waals surface area contributed by atoms with E-state index in [0.717, 1.165) is 75.0 Å². The van der Waals surface area contributed by atoms with E-state index in [1.165, 1.54) is 4.90 Å². The minimum Gasteiger partial charge on any atom is -0.497 e. The highest BCUT2D eigenvalue weighted by atomic mass is 16.5. The summed E-state index contributed by atoms with van der Waals surface area (Å²) in [4.78, 5) is 29.7. The van der Waals surface area contributed by atoms with E-state index >= 15 is 0 Å². The number of carbonyl (C=O) groups is 2. The molecule has 7 heteroatoms. The van der Waals surface area contributed by atoms with Crippen LogP contribution in [0.2, 0.25) is 0 Å². The molecule has 4 rings (SSSR count). The van der Waals surface area contributed by atoms with E-state index in [1.54, 1.807) is 14.2 Å². The van der Waals surface area contributed by atoms with Gasteiger partial charge in [-0.1, -0.05) is 25.7 Å². The van der Waals surface area contributed by atoms with Crippen LogP contribution in [0.4, 0.5) is 4.79 Å². The standard InChI is InChI=1S/C22H31N3O4/c1-28-16-9-10-19(29-2)17(14-16)18-8-7-13-24(18)15-25-20(26)22(23-21(25)27)11-5-3-4-6-12-22/h9-10,14,18H,3-8,11-13,15H2,1-2H3,(H,23,27)/t18-/m1/s1. The molecule has 0 radical (unpaired) electrons. The second kappa shape index (κ2) is 8.22. The summed E-state index contributed by atoms with van der Waals surface area (Å²) in [7, 11) is 3.31. The average molecular weight is 402 g/mol. The van der Waals surface area contributed by atoms with Crippen LogP contribution in [0.25, 0.3) is 0 Å². The Labute approximate surface area is 172 Å². The van der Waals surface area contributed by atoms with Gasteiger partial charge in [0.05, 0.1) is 20.9 Å². The first-order valence-corrected chi connectivity index (χ1v) is 10.7. The smallest absolute Gasteiger partial charge is 0.326 e. The van der Waals surface area contributed by atoms with Gasteiger partial charge in [0.15, 0.2) is 0 Å². The molecule has 2 heterocycles. The van der Waals surface area contributed by atoms with Crippen molar-refractivity contribution in [1.29, 1.82) is 0 Å². The van der Waals surface area contributed by atoms with Crippen molar-refractivity contribution in [3.8, 4) is 11.5 Å². The summed E-state index contributed by atoms with van der Waals surface area (Å²) in [6, 6.07) is 5.64. The van der Waals surface area contributed by atoms with Crippen molar-refractivity contribution >= 4 is 11.9 Å². The summed E-state index contributed by atoms with van der Waals surface area (Å²) in [5.41, 5.74) is 0.358. The van der Waals surface area contributed by atoms with Crippen LogP contribution < -0.4 is 14.8 Å². The molecule has 1 aromatic rings. The minimum absolute atomic E-state index is 0.0485. The van der Waals surface area contributed by atoms with Crippen molar-refractivity contribution in [2.75, 3.05) is 27.4 Å². The highest BCUT2D eigenvalue weighted by Crippen LogP contribution is 2.40. The Morgan fingerprint density at radius 3 is 2.52 bits per heavy atom. The van der Waals surface area contributed by atoms with Gasteiger partial charge in [-0.2, -0.15) is 0 Å². The van der Waals surface area contributed by atoms with E-state index < -0.39 is 5.54 Å². The van der Waals surface area contributed by atoms with E-state index in [9.17, 15) is 9.59 Å². The maximum atomic E-state index is 13.3. The lowest BCUT2D eigenvalue weighted by Gasteiger charge is -2.30. The molecule has 1 atom stereocenters. The van der Waals surface area contributed by atoms with Crippen LogP contribution in [0.3, 0.4) is 0 Å². The summed E-state index contributed by atoms with van der Waals surface area (Å²) >= 11 is 0. The zero-order valence-electron chi connectivity index (χ0n) is 17.4. The van der Waals surface area contributed by atoms with Gasteiger partial charge < -0.3 is 14.8 Å². The zero-order valence-corrected chi connectivity index (χ0v) is 17.4. The topological polar surface area (TPSA) is 71.1 Å². The number of hydrogen-bond acceptors (Lipinski definition) is 5. The molecule has 1 aromatic carbocycles. The molecule has 1 saturated carbocycles. The number of imide groups is 1. The van der Waals surface area contributed by atoms with Crippen molar-refractivity contribution in [2.45, 2.75) is 62.9 Å². The van der Waals surface area contributed by atoms with E-state index in [1.807, 2.05) is 18.2 Å². The van der Waals surface area contributed by atoms with Crippen LogP contribution in [-0.2, 0) is 4.79 Å². The normalized spacial score (nSPS) is 24.6. The van der Waals surface area contributed by atoms with Crippen molar-refractivity contribution < 1.29 is 19.1 Å². The number of ether oxygens (including phenoxy) is 2. The molecule has 0 bridgehead atoms. The molecule has 1 aliphatic carbocycles. The van der Waals surface area contributed by atoms with Crippen molar-refractivity contribution in [3.63, 3.8) is 0 Å². The molecule has 7 nitrogen and oxygen atoms in total. The van der Waals surface area contributed by atoms with Crippen molar-refractivity contribution in [3.05, 3.63) is 23.8 Å². The summed E-state index contributed by atoms with van der Waals surface area (Å²) in [6.07, 6.45) is 7.73. The molecule has 3 aliphatic rings. The van der Waals surface area contributed by atoms with Crippen LogP contribution in [0, 0.1) is 0 Å². The second-order valence-corrected chi connectivity index (χ2v) is 8.38. The number of rotatable bonds is 5. The first-order chi connectivity index (χ1) is 14.1. The molecule has 0 unspecified atom stereocenters. The Morgan fingerprint density at radius 1 is 1.07 bits per heavy atom. The lowest BCUT2D eigenvalue weighted by atomic mass is 9.90. The fourth-order valence-corrected chi connectivity index (χ4v) is 5.10. The third-order valence-electron chi connectivity index (χ3n) is 6.69. The summed E-state index contributed by atoms with van der Waals surface area (Å²) < 4.78 is 11.0. The summed E-state index contributed by atoms with van der Waals surface area (Å²) in [5.74, 6) is 1.54. The lowest BCUT2D eigenvalue weighted by molar-refractivity contribution is -0.133. The van der Waals surface area contributed by atoms with E-state index in [0.29, 0.717) is 6.67 Å². The number of urea groups is 1. The molecule has 3 fully saturated rings. The van der Waals surface area contributed by atoms with Gasteiger partial charge >= 0.3 is 6.03 Å². The number of benzene rings is 1. The number of methoxy groups -OCH3 is 2. The molecule has 2 aliphatic heterocycles. The van der Waals surface area contributed by atoms with Gasteiger partial charge in [-0.15, -0.1) is 0 Å². The Kier molecular flexibility index (Phi) is 5.67. The fourth-order valence-electron chi connectivity index (χ4n) is 5.10. The van der Waals surface area contributed by atoms with Gasteiger partial charge in [0.1, 0.15) is 17.0 Å². The lowest BCUT2D eigenvalue weighted by Crippen LogP contribution is -2.47. The Morgan fingerprint density at radius 2 is 1.83 bits per heavy atom. The molecule has 2 saturated heterocycles. The Balaban J connectivity index is 1.55. The molecule has 1 spiro atoms. The van der Waals surface area contributed by atoms with Crippen LogP contribution in [0.15, 0.2) is 18.2 Å². The monoisotopic (exact) mass is 401 g/mol. The fraction of sp³-hybridized carbons (Fsp3) is 0.636. The minimum atomic E-state index is -0.684. The molecule has 158 valence electrons. The largest absolute Gasteiger partial charge is 0.497 e. The second-order valence-electron chi connectivity index (χ2n) is 8.38. The van der Waals surface area contributed by atoms with Crippen molar-refractivity contribution in [1.82, 2.24) is 15.1 Å². The molecule has 0 aromatic heterocycles. The number of hydrogen-bond donors (Lipinski definition) is 1. The van der Waals surface area contributed by atoms with Gasteiger partial charge in [0, 0.05) is 18.2 Å². The van der Waals surface area contributed by atoms with Crippen molar-refractivity contribution in [2.24, 2.45) is 0 Å². The van der Waals surface area contributed by atoms with E-state index in [2.05, 4.69) is 10.2 Å². The molecule has 29 heavy (non-hydrogen) atoms. The maximum Gasteiger partial charge on any atom is 0.326 e. The highest BCUT2D eigenvalue weighted by Gasteiger charge is 2.51. The number of nitrogens with zero attached hydrogens (tertiary/aromatic N) is 2. The molecular weight excluding hydrogens is 370 g/mol. The van der Waals surface area contributed by atoms with Gasteiger partial charge in [0.2, 0.25) is 0 Å². The quantitative estimate of drug-likeness (QED) is 0.766. The first kappa shape index (κ1) is 20.0. The Hall–Kier alpha value is -2.28. The van der Waals surface area contributed by atoms with Crippen LogP contribution >= 0.6 is 0 Å². The maximum absolute atomic E-state index is 13.3. The van der Waals surface area contributed by atoms with Crippen LogP contribution in [0.1, 0.15) is 63.0 Å². The van der Waals surface area contributed by atoms with Gasteiger partial charge in [0.25, 0.3) is 5.91 Å². The molecular formula is C22H31N3O4. The number of likely N-dealkylation sites (tertiary alicyclic amines) is 1. The van der Waals surface area contributed by atoms with Gasteiger partial charge in [-0.25, -0.2) is 9.69 Å². The molecule has 1 N–H and O–H groups in total. The number of nitrogens with one attached hydrogen (secondary N) is 1. The van der Waals surface area contributed by atoms with Crippen LogP contribution in [0.5, 0.6) is 11.5 Å². The van der Waals surface area contributed by atoms with E-state index in [4.69, 9.17) is 9.47 Å². The first-order valence-electron chi connectivity index (χ1n) is 10.7. The van der Waals surface area contributed by atoms with Gasteiger partial charge in [-0.3, -0.25) is 9.69 Å². The number of carbonyl (C=O) groups excluding carboxylic acids is 2. The van der Waals surface area contributed by atoms with Crippen LogP contribution in [-0.4, -0.2) is 54.7 Å². The summed E-state index contributed by atoms with van der Waals surface area (Å²) in [5, 5.41) is 3.04. The third-order valence-corrected chi connectivity index (χ3v) is 6.69. The average Bonchev–Trinajstić information content (AvgIpc) is 3.18. The SMILES string of the molecule is COc1ccc(OC)c([C@H]2CCCN2CN2C(=O)NC3(CCCCCC3)C2=O)c1. The highest BCUT2D eigenvalue weighted by molar-refractivity contribution is 6.07.